The van der Waals surface area contributed by atoms with E-state index in [9.17, 15) is 10.2 Å². The van der Waals surface area contributed by atoms with Crippen LogP contribution < -0.4 is 0 Å². The van der Waals surface area contributed by atoms with Crippen LogP contribution in [-0.4, -0.2) is 45.3 Å². The molecule has 0 bridgehead atoms. The molecule has 0 aromatic rings. The summed E-state index contributed by atoms with van der Waals surface area (Å²) in [6, 6.07) is 0. The van der Waals surface area contributed by atoms with Gasteiger partial charge in [-0.25, -0.2) is 0 Å². The summed E-state index contributed by atoms with van der Waals surface area (Å²) < 4.78 is 13.8. The van der Waals surface area contributed by atoms with E-state index in [2.05, 4.69) is 48.1 Å². The van der Waals surface area contributed by atoms with E-state index < -0.39 is 11.7 Å². The highest BCUT2D eigenvalue weighted by Gasteiger charge is 3.00. The van der Waals surface area contributed by atoms with E-state index in [-0.39, 0.29) is 40.2 Å². The van der Waals surface area contributed by atoms with Crippen molar-refractivity contribution in [3.05, 3.63) is 12.2 Å². The molecule has 4 nitrogen and oxygen atoms in total. The zero-order valence-corrected chi connectivity index (χ0v) is 22.4. The number of aliphatic hydroxyl groups is 2. The Labute approximate surface area is 206 Å². The Bertz CT molecular complexity index is 885. The lowest BCUT2D eigenvalue weighted by atomic mass is 9.43. The highest BCUT2D eigenvalue weighted by atomic mass is 16.7. The van der Waals surface area contributed by atoms with Gasteiger partial charge >= 0.3 is 0 Å². The van der Waals surface area contributed by atoms with Gasteiger partial charge in [0.1, 0.15) is 16.8 Å². The average Bonchev–Trinajstić information content (AvgIpc) is 3.65. The molecule has 6 fully saturated rings. The number of rotatable bonds is 6. The molecule has 4 aliphatic carbocycles. The minimum absolute atomic E-state index is 0.0373. The molecule has 12 atom stereocenters. The van der Waals surface area contributed by atoms with Gasteiger partial charge in [0.2, 0.25) is 0 Å². The lowest BCUT2D eigenvalue weighted by molar-refractivity contribution is -0.0740. The van der Waals surface area contributed by atoms with Crippen LogP contribution >= 0.6 is 0 Å². The van der Waals surface area contributed by atoms with E-state index in [0.717, 1.165) is 55.9 Å². The van der Waals surface area contributed by atoms with E-state index in [4.69, 9.17) is 9.47 Å². The summed E-state index contributed by atoms with van der Waals surface area (Å²) in [4.78, 5) is 0. The van der Waals surface area contributed by atoms with Gasteiger partial charge in [0.05, 0.1) is 18.3 Å². The Kier molecular flexibility index (Phi) is 5.01. The van der Waals surface area contributed by atoms with Gasteiger partial charge in [0.25, 0.3) is 0 Å². The summed E-state index contributed by atoms with van der Waals surface area (Å²) in [5, 5.41) is 22.3. The van der Waals surface area contributed by atoms with Crippen molar-refractivity contribution >= 4 is 0 Å². The van der Waals surface area contributed by atoms with Gasteiger partial charge in [-0.15, -0.1) is 0 Å². The monoisotopic (exact) mass is 472 g/mol. The normalized spacial score (nSPS) is 56.6. The molecule has 34 heavy (non-hydrogen) atoms. The van der Waals surface area contributed by atoms with Gasteiger partial charge in [0.15, 0.2) is 0 Å². The highest BCUT2D eigenvalue weighted by molar-refractivity contribution is 5.49. The predicted molar refractivity (Wildman–Crippen MR) is 133 cm³/mol. The lowest BCUT2D eigenvalue weighted by Gasteiger charge is -2.57. The predicted octanol–water partition coefficient (Wildman–Crippen LogP) is 5.65. The minimum atomic E-state index is -0.459. The third kappa shape index (κ3) is 2.42. The maximum atomic E-state index is 11.7. The van der Waals surface area contributed by atoms with Gasteiger partial charge in [0, 0.05) is 10.8 Å². The zero-order chi connectivity index (χ0) is 24.5. The first-order chi connectivity index (χ1) is 16.0. The van der Waals surface area contributed by atoms with E-state index in [0.29, 0.717) is 11.8 Å². The third-order valence-electron chi connectivity index (χ3n) is 12.8. The van der Waals surface area contributed by atoms with Crippen LogP contribution in [0.3, 0.4) is 0 Å². The maximum Gasteiger partial charge on any atom is 0.133 e. The Hall–Kier alpha value is -0.420. The van der Waals surface area contributed by atoms with Crippen molar-refractivity contribution in [2.45, 2.75) is 134 Å². The van der Waals surface area contributed by atoms with E-state index in [1.54, 1.807) is 0 Å². The molecule has 0 unspecified atom stereocenters. The second kappa shape index (κ2) is 7.11. The Balaban J connectivity index is 1.31. The summed E-state index contributed by atoms with van der Waals surface area (Å²) in [7, 11) is 0. The van der Waals surface area contributed by atoms with Gasteiger partial charge in [-0.1, -0.05) is 61.0 Å². The molecule has 2 heterocycles. The second-order valence-corrected chi connectivity index (χ2v) is 14.1. The van der Waals surface area contributed by atoms with Crippen LogP contribution in [0.4, 0.5) is 0 Å². The van der Waals surface area contributed by atoms with Crippen molar-refractivity contribution in [3.8, 4) is 0 Å². The van der Waals surface area contributed by atoms with Crippen LogP contribution in [0.25, 0.3) is 0 Å². The molecule has 0 radical (unpaired) electrons. The van der Waals surface area contributed by atoms with Crippen molar-refractivity contribution < 1.29 is 19.7 Å². The second-order valence-electron chi connectivity index (χ2n) is 14.1. The summed E-state index contributed by atoms with van der Waals surface area (Å²) in [6.07, 6.45) is 8.69. The van der Waals surface area contributed by atoms with Crippen LogP contribution in [0.5, 0.6) is 0 Å². The van der Waals surface area contributed by atoms with Crippen molar-refractivity contribution in [2.24, 2.45) is 40.4 Å². The molecule has 0 aromatic heterocycles. The quantitative estimate of drug-likeness (QED) is 0.387. The van der Waals surface area contributed by atoms with Crippen LogP contribution in [-0.2, 0) is 9.47 Å². The van der Waals surface area contributed by atoms with Crippen LogP contribution in [0.1, 0.15) is 99.3 Å². The van der Waals surface area contributed by atoms with Gasteiger partial charge in [-0.05, 0) is 80.1 Å². The fraction of sp³-hybridized carbons (Fsp3) is 0.933. The molecule has 4 heteroatoms. The molecule has 6 aliphatic rings. The Morgan fingerprint density at radius 1 is 1.03 bits per heavy atom. The topological polar surface area (TPSA) is 65.5 Å². The van der Waals surface area contributed by atoms with Gasteiger partial charge < -0.3 is 19.7 Å². The standard InChI is InChI=1S/C30H48O4/c1-8-20(17(2)3)10-9-18(4)22-15-24(32)29-27(22,7)16-25-30(33-25)26(6)13-12-23(31)19(5)21(26)11-14-28(29,30)34-29/h17-18,20-25,31-32H,5,8-16H2,1-4,6-7H3/t18-,20+,21+,22-,23+,24+,25-,26+,27-,28-,29+,30+/m1/s1. The van der Waals surface area contributed by atoms with Gasteiger partial charge in [-0.3, -0.25) is 0 Å². The van der Waals surface area contributed by atoms with Crippen LogP contribution in [0.15, 0.2) is 12.2 Å². The third-order valence-corrected chi connectivity index (χ3v) is 12.8. The summed E-state index contributed by atoms with van der Waals surface area (Å²) in [5.74, 6) is 2.86. The number of fused-ring (bicyclic) bond motifs is 1. The van der Waals surface area contributed by atoms with Crippen molar-refractivity contribution in [3.63, 3.8) is 0 Å². The van der Waals surface area contributed by atoms with Gasteiger partial charge in [-0.2, -0.15) is 0 Å². The molecule has 6 rings (SSSR count). The van der Waals surface area contributed by atoms with Crippen LogP contribution in [0.2, 0.25) is 0 Å². The molecular weight excluding hydrogens is 424 g/mol. The molecule has 3 spiro atoms. The van der Waals surface area contributed by atoms with E-state index >= 15 is 0 Å². The van der Waals surface area contributed by atoms with Crippen molar-refractivity contribution in [1.82, 2.24) is 0 Å². The molecular formula is C30H48O4. The number of hydrogen-bond acceptors (Lipinski definition) is 4. The highest BCUT2D eigenvalue weighted by Crippen LogP contribution is 2.88. The number of ether oxygens (including phenoxy) is 2. The fourth-order valence-corrected chi connectivity index (χ4v) is 10.9. The number of epoxide rings is 2. The minimum Gasteiger partial charge on any atom is -0.390 e. The summed E-state index contributed by atoms with van der Waals surface area (Å²) in [6.45, 7) is 18.6. The first-order valence-electron chi connectivity index (χ1n) is 14.4. The molecule has 0 amide bonds. The number of hydrogen-bond donors (Lipinski definition) is 2. The number of aliphatic hydroxyl groups excluding tert-OH is 2. The zero-order valence-electron chi connectivity index (χ0n) is 22.4. The SMILES string of the molecule is C=C1[C@@H](O)CC[C@@]2(C)[C@H]1CC[C@@]13O[C@]14[C@@H](O)C[C@H]([C@H](C)CC[C@H](CC)C(C)C)[C@@]4(C)C[C@H]1O[C@]132. The van der Waals surface area contributed by atoms with E-state index in [1.807, 2.05) is 0 Å². The van der Waals surface area contributed by atoms with Crippen molar-refractivity contribution in [1.29, 1.82) is 0 Å². The Morgan fingerprint density at radius 2 is 1.76 bits per heavy atom. The molecule has 2 N–H and O–H groups in total. The summed E-state index contributed by atoms with van der Waals surface area (Å²) >= 11 is 0. The van der Waals surface area contributed by atoms with Crippen LogP contribution in [0, 0.1) is 40.4 Å². The van der Waals surface area contributed by atoms with Crippen molar-refractivity contribution in [2.75, 3.05) is 0 Å². The molecule has 0 aromatic carbocycles. The average molecular weight is 473 g/mol. The molecule has 4 saturated carbocycles. The van der Waals surface area contributed by atoms with E-state index in [1.165, 1.54) is 19.3 Å². The fourth-order valence-electron chi connectivity index (χ4n) is 10.9. The Morgan fingerprint density at radius 3 is 2.44 bits per heavy atom. The maximum absolute atomic E-state index is 11.7. The first kappa shape index (κ1) is 23.9. The molecule has 192 valence electrons. The molecule has 2 aliphatic heterocycles. The summed E-state index contributed by atoms with van der Waals surface area (Å²) in [5.41, 5.74) is -0.223. The smallest absolute Gasteiger partial charge is 0.133 e. The largest absolute Gasteiger partial charge is 0.390 e. The lowest BCUT2D eigenvalue weighted by Crippen LogP contribution is -2.67. The first-order valence-corrected chi connectivity index (χ1v) is 14.4. The molecule has 2 saturated heterocycles.